The predicted molar refractivity (Wildman–Crippen MR) is 136 cm³/mol. The lowest BCUT2D eigenvalue weighted by atomic mass is 9.97. The van der Waals surface area contributed by atoms with Crippen molar-refractivity contribution in [3.8, 4) is 28.3 Å². The number of nitrogens with one attached hydrogen (secondary N) is 2. The van der Waals surface area contributed by atoms with E-state index in [1.807, 2.05) is 0 Å². The Kier molecular flexibility index (Phi) is 6.88. The number of phenols is 1. The van der Waals surface area contributed by atoms with Gasteiger partial charge in [-0.05, 0) is 48.0 Å². The fourth-order valence-corrected chi connectivity index (χ4v) is 4.12. The van der Waals surface area contributed by atoms with E-state index >= 15 is 0 Å². The van der Waals surface area contributed by atoms with Crippen LogP contribution in [0.5, 0.6) is 5.75 Å². The summed E-state index contributed by atoms with van der Waals surface area (Å²) >= 11 is 0. The van der Waals surface area contributed by atoms with Crippen molar-refractivity contribution < 1.29 is 18.3 Å². The number of imidazole rings is 1. The summed E-state index contributed by atoms with van der Waals surface area (Å²) in [7, 11) is -0.784. The molecule has 1 heterocycles. The first-order chi connectivity index (χ1) is 16.0. The predicted octanol–water partition coefficient (Wildman–Crippen LogP) is 2.66. The third kappa shape index (κ3) is 4.97. The quantitative estimate of drug-likeness (QED) is 0.201. The van der Waals surface area contributed by atoms with Gasteiger partial charge in [0, 0.05) is 30.8 Å². The molecule has 4 rings (SSSR count). The molecule has 10 nitrogen and oxygen atoms in total. The van der Waals surface area contributed by atoms with E-state index in [-0.39, 0.29) is 57.3 Å². The zero-order chi connectivity index (χ0) is 24.8. The van der Waals surface area contributed by atoms with Crippen molar-refractivity contribution in [3.63, 3.8) is 0 Å². The summed E-state index contributed by atoms with van der Waals surface area (Å²) in [5.74, 6) is -0.338. The number of hydrogen-bond donors (Lipinski definition) is 5. The largest absolute Gasteiger partial charge is 0.507 e. The molecule has 0 aliphatic carbocycles. The molecule has 1 amide bonds. The van der Waals surface area contributed by atoms with Crippen LogP contribution in [0.3, 0.4) is 0 Å². The summed E-state index contributed by atoms with van der Waals surface area (Å²) in [6.07, 6.45) is 0. The van der Waals surface area contributed by atoms with Crippen molar-refractivity contribution in [2.75, 3.05) is 14.1 Å². The van der Waals surface area contributed by atoms with Gasteiger partial charge in [-0.1, -0.05) is 12.1 Å². The molecule has 0 saturated carbocycles. The van der Waals surface area contributed by atoms with Crippen LogP contribution in [0.1, 0.15) is 15.9 Å². The van der Waals surface area contributed by atoms with Gasteiger partial charge < -0.3 is 20.7 Å². The third-order valence-electron chi connectivity index (χ3n) is 5.28. The number of nitrogen functional groups attached to an aromatic ring is 1. The Morgan fingerprint density at radius 1 is 1.06 bits per heavy atom. The van der Waals surface area contributed by atoms with Crippen LogP contribution in [-0.4, -0.2) is 54.2 Å². The summed E-state index contributed by atoms with van der Waals surface area (Å²) in [5.41, 5.74) is 8.32. The van der Waals surface area contributed by atoms with Crippen LogP contribution in [0.15, 0.2) is 59.5 Å². The number of aromatic hydroxyl groups is 1. The van der Waals surface area contributed by atoms with E-state index in [4.69, 9.17) is 16.3 Å². The van der Waals surface area contributed by atoms with Crippen molar-refractivity contribution in [2.24, 2.45) is 10.9 Å². The van der Waals surface area contributed by atoms with Crippen LogP contribution in [0.2, 0.25) is 0 Å². The number of aromatic nitrogens is 2. The Hall–Kier alpha value is -3.93. The molecule has 0 bridgehead atoms. The van der Waals surface area contributed by atoms with E-state index in [9.17, 15) is 18.3 Å². The lowest BCUT2D eigenvalue weighted by molar-refractivity contribution is 0.0827. The van der Waals surface area contributed by atoms with Gasteiger partial charge in [0.1, 0.15) is 17.4 Å². The number of aromatic amines is 1. The third-order valence-corrected chi connectivity index (χ3v) is 6.20. The molecule has 4 aromatic rings. The van der Waals surface area contributed by atoms with E-state index in [0.717, 1.165) is 0 Å². The molecule has 0 spiro atoms. The lowest BCUT2D eigenvalue weighted by Crippen LogP contribution is -2.21. The highest BCUT2D eigenvalue weighted by Gasteiger charge is 2.21. The van der Waals surface area contributed by atoms with Crippen LogP contribution in [0.25, 0.3) is 33.5 Å². The highest BCUT2D eigenvalue weighted by molar-refractivity contribution is 7.89. The van der Waals surface area contributed by atoms with Crippen LogP contribution in [0, 0.1) is 5.41 Å². The molecule has 0 radical (unpaired) electrons. The SMILES string of the molecule is CN(C)C(=O)c1cc(-c2cccc(S(N)(=O)=O)c2)c(O)c(-c2nc3ccc(C(=N)N)cc3[nH]2)c1.Cl. The standard InChI is InChI=1S/C23H22N6O4S.ClH/c1-29(2)23(31)14-9-16(12-4-3-5-15(8-12)34(26,32)33)20(30)17(10-14)22-27-18-7-6-13(21(24)25)11-19(18)28-22;/h3-11,30H,1-2H3,(H3,24,25)(H,27,28)(H2,26,32,33);1H. The Balaban J connectivity index is 0.00000342. The number of carbonyl (C=O) groups excluding carboxylic acids is 1. The number of primary sulfonamides is 1. The maximum absolute atomic E-state index is 12.8. The van der Waals surface area contributed by atoms with Gasteiger partial charge in [-0.2, -0.15) is 0 Å². The number of phenolic OH excluding ortho intramolecular Hbond substituents is 1. The highest BCUT2D eigenvalue weighted by atomic mass is 35.5. The Morgan fingerprint density at radius 2 is 1.74 bits per heavy atom. The first-order valence-electron chi connectivity index (χ1n) is 10.0. The molecule has 7 N–H and O–H groups in total. The Labute approximate surface area is 207 Å². The molecule has 0 unspecified atom stereocenters. The van der Waals surface area contributed by atoms with Gasteiger partial charge >= 0.3 is 0 Å². The second-order valence-corrected chi connectivity index (χ2v) is 9.48. The molecular weight excluding hydrogens is 492 g/mol. The van der Waals surface area contributed by atoms with Gasteiger partial charge in [-0.15, -0.1) is 12.4 Å². The average Bonchev–Trinajstić information content (AvgIpc) is 3.21. The summed E-state index contributed by atoms with van der Waals surface area (Å²) in [4.78, 5) is 21.7. The first-order valence-corrected chi connectivity index (χ1v) is 11.6. The number of amides is 1. The number of nitrogens with two attached hydrogens (primary N) is 2. The molecule has 0 aliphatic heterocycles. The highest BCUT2D eigenvalue weighted by Crippen LogP contribution is 2.39. The topological polar surface area (TPSA) is 179 Å². The van der Waals surface area contributed by atoms with Crippen molar-refractivity contribution in [1.29, 1.82) is 5.41 Å². The number of sulfonamides is 1. The van der Waals surface area contributed by atoms with Crippen LogP contribution < -0.4 is 10.9 Å². The molecule has 0 atom stereocenters. The van der Waals surface area contributed by atoms with E-state index in [2.05, 4.69) is 9.97 Å². The molecule has 12 heteroatoms. The molecule has 1 aromatic heterocycles. The second kappa shape index (κ2) is 9.37. The van der Waals surface area contributed by atoms with Crippen LogP contribution in [-0.2, 0) is 10.0 Å². The van der Waals surface area contributed by atoms with Crippen molar-refractivity contribution >= 4 is 45.2 Å². The maximum Gasteiger partial charge on any atom is 0.253 e. The zero-order valence-corrected chi connectivity index (χ0v) is 20.4. The molecule has 0 saturated heterocycles. The number of hydrogen-bond acceptors (Lipinski definition) is 6. The van der Waals surface area contributed by atoms with Gasteiger partial charge in [-0.3, -0.25) is 10.2 Å². The Morgan fingerprint density at radius 3 is 2.37 bits per heavy atom. The summed E-state index contributed by atoms with van der Waals surface area (Å²) in [6, 6.07) is 13.8. The van der Waals surface area contributed by atoms with Gasteiger partial charge in [0.05, 0.1) is 21.5 Å². The van der Waals surface area contributed by atoms with Gasteiger partial charge in [-0.25, -0.2) is 18.5 Å². The average molecular weight is 515 g/mol. The van der Waals surface area contributed by atoms with Crippen molar-refractivity contribution in [3.05, 3.63) is 65.7 Å². The van der Waals surface area contributed by atoms with Gasteiger partial charge in [0.25, 0.3) is 5.91 Å². The molecular formula is C23H23ClN6O4S. The van der Waals surface area contributed by atoms with E-state index < -0.39 is 10.0 Å². The fraction of sp³-hybridized carbons (Fsp3) is 0.0870. The number of amidine groups is 1. The number of nitrogens with zero attached hydrogens (tertiary/aromatic N) is 2. The van der Waals surface area contributed by atoms with E-state index in [1.165, 1.54) is 35.2 Å². The molecule has 0 fully saturated rings. The molecule has 182 valence electrons. The fourth-order valence-electron chi connectivity index (χ4n) is 3.56. The first kappa shape index (κ1) is 25.7. The van der Waals surface area contributed by atoms with Crippen molar-refractivity contribution in [1.82, 2.24) is 14.9 Å². The van der Waals surface area contributed by atoms with Crippen LogP contribution >= 0.6 is 12.4 Å². The summed E-state index contributed by atoms with van der Waals surface area (Å²) < 4.78 is 23.7. The number of rotatable bonds is 5. The normalized spacial score (nSPS) is 11.2. The molecule has 0 aliphatic rings. The van der Waals surface area contributed by atoms with E-state index in [1.54, 1.807) is 38.4 Å². The summed E-state index contributed by atoms with van der Waals surface area (Å²) in [6.45, 7) is 0. The molecule has 35 heavy (non-hydrogen) atoms. The van der Waals surface area contributed by atoms with Gasteiger partial charge in [0.15, 0.2) is 0 Å². The summed E-state index contributed by atoms with van der Waals surface area (Å²) in [5, 5.41) is 24.1. The molecule has 3 aromatic carbocycles. The lowest BCUT2D eigenvalue weighted by Gasteiger charge is -2.15. The van der Waals surface area contributed by atoms with Crippen LogP contribution in [0.4, 0.5) is 0 Å². The van der Waals surface area contributed by atoms with E-state index in [0.29, 0.717) is 22.2 Å². The smallest absolute Gasteiger partial charge is 0.253 e. The zero-order valence-electron chi connectivity index (χ0n) is 18.7. The number of benzene rings is 3. The number of halogens is 1. The van der Waals surface area contributed by atoms with Gasteiger partial charge in [0.2, 0.25) is 10.0 Å². The number of H-pyrrole nitrogens is 1. The second-order valence-electron chi connectivity index (χ2n) is 7.92. The Bertz CT molecular complexity index is 1580. The maximum atomic E-state index is 12.8. The minimum Gasteiger partial charge on any atom is -0.507 e. The number of carbonyl (C=O) groups is 1. The number of fused-ring (bicyclic) bond motifs is 1. The van der Waals surface area contributed by atoms with Crippen molar-refractivity contribution in [2.45, 2.75) is 4.90 Å². The monoisotopic (exact) mass is 514 g/mol. The minimum absolute atomic E-state index is 0. The minimum atomic E-state index is -3.98.